The predicted octanol–water partition coefficient (Wildman–Crippen LogP) is 7.71. The second kappa shape index (κ2) is 34.0. The van der Waals surface area contributed by atoms with Gasteiger partial charge in [-0.15, -0.1) is 0 Å². The molecule has 0 spiro atoms. The number of fused-ring (bicyclic) bond motifs is 1. The van der Waals surface area contributed by atoms with E-state index in [0.29, 0.717) is 127 Å². The molecule has 0 saturated heterocycles. The van der Waals surface area contributed by atoms with E-state index in [-0.39, 0.29) is 33.0 Å². The van der Waals surface area contributed by atoms with Gasteiger partial charge >= 0.3 is 35.8 Å². The number of hydrogen-bond acceptors (Lipinski definition) is 33. The Morgan fingerprint density at radius 3 is 0.592 bits per heavy atom. The molecule has 0 aromatic heterocycles. The van der Waals surface area contributed by atoms with Crippen molar-refractivity contribution in [1.82, 2.24) is 9.80 Å². The van der Waals surface area contributed by atoms with E-state index in [4.69, 9.17) is 53.6 Å². The summed E-state index contributed by atoms with van der Waals surface area (Å²) in [6.07, 6.45) is -21.7. The Morgan fingerprint density at radius 2 is 0.346 bits per heavy atom. The molecule has 39 nitrogen and oxygen atoms in total. The molecule has 39 heteroatoms. The summed E-state index contributed by atoms with van der Waals surface area (Å²) in [5.41, 5.74) is 10.6. The molecule has 0 aliphatic carbocycles. The SMILES string of the molecule is CN1C(O)c2ccc3c4c(ccc(c24)C1O)C(O)N(C)C3O.Cc1cc2c3c(c(C)cc4c3c1C(O)OC4O)C(O)OC2O.Cc1cc2c3c(cc(C)c4c3c1C(O)OC4O)C(O)OC2O.Cc1cc2c3c(ccc4c3c1C(O)OC4O)C(O)OC2O.O=C(O)c1ccc(C(=O)O)c2c(C(=O)O)ccc(C(=O)O)c12.O=C(O)c1ccc2c3c(ccc(C(=O)O)c13)C(O)OC2O. The number of aryl methyl sites for hydroxylation is 5. The van der Waals surface area contributed by atoms with Crippen LogP contribution in [0.4, 0.5) is 0 Å². The average molecular weight is 1800 g/mol. The van der Waals surface area contributed by atoms with Crippen LogP contribution in [0.3, 0.4) is 0 Å². The molecule has 130 heavy (non-hydrogen) atoms. The first-order chi connectivity index (χ1) is 61.4. The van der Waals surface area contributed by atoms with Crippen molar-refractivity contribution in [2.45, 2.75) is 148 Å². The van der Waals surface area contributed by atoms with E-state index in [1.807, 2.05) is 0 Å². The lowest BCUT2D eigenvalue weighted by atomic mass is 9.84. The Hall–Kier alpha value is -12.1. The fourth-order valence-electron chi connectivity index (χ4n) is 18.8. The van der Waals surface area contributed by atoms with Crippen LogP contribution < -0.4 is 0 Å². The van der Waals surface area contributed by atoms with Gasteiger partial charge in [-0.05, 0) is 192 Å². The van der Waals surface area contributed by atoms with Gasteiger partial charge in [-0.2, -0.15) is 0 Å². The molecule has 18 unspecified atom stereocenters. The molecule has 0 saturated carbocycles. The van der Waals surface area contributed by atoms with Gasteiger partial charge in [0.15, 0.2) is 88.1 Å². The molecule has 24 N–H and O–H groups in total. The van der Waals surface area contributed by atoms with Crippen molar-refractivity contribution in [3.63, 3.8) is 0 Å². The van der Waals surface area contributed by atoms with Gasteiger partial charge in [0.1, 0.15) is 24.9 Å². The van der Waals surface area contributed by atoms with Crippen LogP contribution in [0.25, 0.3) is 64.6 Å². The monoisotopic (exact) mass is 1790 g/mol. The van der Waals surface area contributed by atoms with Gasteiger partial charge in [-0.3, -0.25) is 0 Å². The largest absolute Gasteiger partial charge is 0.478 e. The summed E-state index contributed by atoms with van der Waals surface area (Å²) in [4.78, 5) is 70.7. The Balaban J connectivity index is 0.000000114. The first-order valence-corrected chi connectivity index (χ1v) is 39.6. The highest BCUT2D eigenvalue weighted by Crippen LogP contribution is 2.55. The summed E-state index contributed by atoms with van der Waals surface area (Å²) in [5, 5.41) is 242. The smallest absolute Gasteiger partial charge is 0.336 e. The van der Waals surface area contributed by atoms with E-state index in [1.54, 1.807) is 115 Å². The second-order valence-electron chi connectivity index (χ2n) is 32.0. The lowest BCUT2D eigenvalue weighted by Crippen LogP contribution is -2.36. The molecule has 0 amide bonds. The molecule has 0 fully saturated rings. The molecule has 0 radical (unpaired) electrons. The van der Waals surface area contributed by atoms with Crippen LogP contribution in [-0.4, -0.2) is 182 Å². The van der Waals surface area contributed by atoms with Crippen molar-refractivity contribution < 1.29 is 184 Å². The molecule has 9 heterocycles. The van der Waals surface area contributed by atoms with E-state index in [2.05, 4.69) is 0 Å². The summed E-state index contributed by atoms with van der Waals surface area (Å²) in [5.74, 6) is -8.56. The summed E-state index contributed by atoms with van der Waals surface area (Å²) < 4.78 is 35.9. The number of rotatable bonds is 6. The van der Waals surface area contributed by atoms with Crippen LogP contribution in [0, 0.1) is 34.6 Å². The highest BCUT2D eigenvalue weighted by atomic mass is 16.7. The molecular formula is C91H82N2O37. The van der Waals surface area contributed by atoms with Gasteiger partial charge in [-0.25, -0.2) is 38.6 Å². The number of aliphatic hydroxyl groups excluding tert-OH is 18. The molecule has 21 rings (SSSR count). The van der Waals surface area contributed by atoms with Crippen molar-refractivity contribution in [3.8, 4) is 0 Å². The van der Waals surface area contributed by atoms with Crippen LogP contribution >= 0.6 is 0 Å². The lowest BCUT2D eigenvalue weighted by molar-refractivity contribution is -0.222. The Kier molecular flexibility index (Phi) is 23.9. The van der Waals surface area contributed by atoms with E-state index in [0.717, 1.165) is 57.3 Å². The minimum atomic E-state index is -1.49. The van der Waals surface area contributed by atoms with Crippen molar-refractivity contribution >= 4 is 100 Å². The first-order valence-electron chi connectivity index (χ1n) is 39.6. The zero-order chi connectivity index (χ0) is 94.1. The number of carboxylic acid groups (broad SMARTS) is 6. The molecule has 0 bridgehead atoms. The molecule has 9 aliphatic heterocycles. The highest BCUT2D eigenvalue weighted by Gasteiger charge is 2.44. The third-order valence-electron chi connectivity index (χ3n) is 24.7. The van der Waals surface area contributed by atoms with Gasteiger partial charge in [0.05, 0.1) is 33.4 Å². The third-order valence-corrected chi connectivity index (χ3v) is 24.7. The van der Waals surface area contributed by atoms with E-state index in [9.17, 15) is 131 Å². The molecule has 12 aromatic rings. The van der Waals surface area contributed by atoms with Gasteiger partial charge in [0.25, 0.3) is 0 Å². The minimum absolute atomic E-state index is 0.0357. The van der Waals surface area contributed by atoms with Gasteiger partial charge in [-0.1, -0.05) is 48.5 Å². The number of ether oxygens (including phenoxy) is 7. The summed E-state index contributed by atoms with van der Waals surface area (Å²) in [6, 6.07) is 27.7. The van der Waals surface area contributed by atoms with E-state index >= 15 is 0 Å². The van der Waals surface area contributed by atoms with Gasteiger partial charge in [0, 0.05) is 116 Å². The van der Waals surface area contributed by atoms with E-state index in [1.165, 1.54) is 34.1 Å². The molecule has 678 valence electrons. The minimum Gasteiger partial charge on any atom is -0.478 e. The quantitative estimate of drug-likeness (QED) is 0.0757. The van der Waals surface area contributed by atoms with E-state index < -0.39 is 182 Å². The number of nitrogens with zero attached hydrogens (tertiary/aromatic N) is 2. The second-order valence-corrected chi connectivity index (χ2v) is 32.0. The maximum Gasteiger partial charge on any atom is 0.336 e. The lowest BCUT2D eigenvalue weighted by Gasteiger charge is -2.40. The standard InChI is InChI=1S/C16H18N2O4.2C16H16O6.C15H14O6.C14H8O8.C14H10O7/c1-17-13(19)7-3-5-9-12-10(16(22)18(2)15(9)21)6-4-8(11(7)12)14(17)20;1-5-3-7-12-10(16(20)22-13(7)17)6(2)4-8-11(12)9(5)15(19)21-14(8)18;1-5-3-7-11-8(14(18)21-13(7)17)4-6(2)10-12(11)9(5)15(19)22-16(10)20;1-5-4-8-10-6(12(16)20-14(8)18)2-3-7-11(10)9(5)15(19)21-13(7)17;15-11(16)5-1-2-6(12(17)18)10-8(14(21)22)4-3-7(9(5)10)13(19)20;15-11(16)5-1-3-7-10-8(14(20)21-13(7)19)4-2-6(9(5)10)12(17)18/h3-6,13-16,19-22H,1-2H3;2*3-4,13-20H,1-2H3;2-4,12-19H,1H3;1-4H,(H,15,16)(H,17,18)(H,19,20)(H,21,22);1-4,13-14,19-20H,(H,15,16)(H,17,18). The first kappa shape index (κ1) is 91.3. The van der Waals surface area contributed by atoms with Crippen LogP contribution in [0.2, 0.25) is 0 Å². The van der Waals surface area contributed by atoms with Crippen LogP contribution in [-0.2, 0) is 33.2 Å². The Labute approximate surface area is 729 Å². The summed E-state index contributed by atoms with van der Waals surface area (Å²) >= 11 is 0. The maximum atomic E-state index is 11.3. The third kappa shape index (κ3) is 14.7. The van der Waals surface area contributed by atoms with Crippen molar-refractivity contribution in [1.29, 1.82) is 0 Å². The number of carbonyl (C=O) groups is 6. The zero-order valence-corrected chi connectivity index (χ0v) is 68.8. The maximum absolute atomic E-state index is 11.3. The molecule has 9 aliphatic rings. The van der Waals surface area contributed by atoms with Crippen LogP contribution in [0.15, 0.2) is 115 Å². The fourth-order valence-corrected chi connectivity index (χ4v) is 18.8. The Morgan fingerprint density at radius 1 is 0.200 bits per heavy atom. The van der Waals surface area contributed by atoms with Crippen molar-refractivity contribution in [2.75, 3.05) is 14.1 Å². The zero-order valence-electron chi connectivity index (χ0n) is 68.8. The number of aliphatic hydroxyl groups is 18. The number of carboxylic acids is 6. The highest BCUT2D eigenvalue weighted by molar-refractivity contribution is 6.22. The molecule has 12 aromatic carbocycles. The molecule has 18 atom stereocenters. The summed E-state index contributed by atoms with van der Waals surface area (Å²) in [7, 11) is 3.30. The number of benzene rings is 12. The average Bonchev–Trinajstić information content (AvgIpc) is 0.719. The topological polar surface area (TPSA) is 659 Å². The predicted molar refractivity (Wildman–Crippen MR) is 442 cm³/mol. The summed E-state index contributed by atoms with van der Waals surface area (Å²) in [6.45, 7) is 8.94. The van der Waals surface area contributed by atoms with Crippen LogP contribution in [0.1, 0.15) is 303 Å². The van der Waals surface area contributed by atoms with Crippen molar-refractivity contribution in [3.05, 3.63) is 277 Å². The molecular weight excluding hydrogens is 1710 g/mol. The number of aromatic carboxylic acids is 6. The van der Waals surface area contributed by atoms with Crippen molar-refractivity contribution in [2.24, 2.45) is 0 Å². The Bertz CT molecular complexity index is 6410. The van der Waals surface area contributed by atoms with Gasteiger partial charge in [0.2, 0.25) is 0 Å². The number of hydrogen-bond donors (Lipinski definition) is 24. The fraction of sp³-hybridized carbons (Fsp3) is 0.275. The van der Waals surface area contributed by atoms with Gasteiger partial charge < -0.3 is 156 Å². The van der Waals surface area contributed by atoms with Crippen LogP contribution in [0.5, 0.6) is 0 Å². The normalized spacial score (nSPS) is 25.5.